The average Bonchev–Trinajstić information content (AvgIpc) is 2.63. The normalized spacial score (nSPS) is 12.8. The summed E-state index contributed by atoms with van der Waals surface area (Å²) in [4.78, 5) is 17.8. The summed E-state index contributed by atoms with van der Waals surface area (Å²) < 4.78 is 4.64. The number of nitrogens with zero attached hydrogens (tertiary/aromatic N) is 2. The molecule has 0 bridgehead atoms. The Bertz CT molecular complexity index is 501. The van der Waals surface area contributed by atoms with Gasteiger partial charge in [0.05, 0.1) is 19.6 Å². The molecule has 134 valence electrons. The predicted molar refractivity (Wildman–Crippen MR) is 98.1 cm³/mol. The van der Waals surface area contributed by atoms with Gasteiger partial charge in [0.15, 0.2) is 5.96 Å². The molecular formula is C18H30N4O2. The molecule has 0 fully saturated rings. The molecule has 0 saturated heterocycles. The lowest BCUT2D eigenvalue weighted by atomic mass is 10.1. The Morgan fingerprint density at radius 1 is 1.21 bits per heavy atom. The number of carbonyl (C=O) groups is 1. The molecule has 0 aliphatic carbocycles. The number of esters is 1. The lowest BCUT2D eigenvalue weighted by Gasteiger charge is -2.30. The van der Waals surface area contributed by atoms with E-state index >= 15 is 0 Å². The van der Waals surface area contributed by atoms with Crippen LogP contribution in [0.1, 0.15) is 31.9 Å². The Labute approximate surface area is 145 Å². The number of likely N-dealkylation sites (N-methyl/N-ethyl adjacent to an activating group) is 1. The highest BCUT2D eigenvalue weighted by molar-refractivity contribution is 5.80. The average molecular weight is 334 g/mol. The SMILES string of the molecule is CCN(CC)C(CNC(=NC)NCCC(=O)OC)c1ccccc1. The number of aliphatic imine (C=N–C) groups is 1. The van der Waals surface area contributed by atoms with Crippen LogP contribution in [0.4, 0.5) is 0 Å². The van der Waals surface area contributed by atoms with Crippen molar-refractivity contribution in [1.29, 1.82) is 0 Å². The van der Waals surface area contributed by atoms with Crippen LogP contribution in [0.25, 0.3) is 0 Å². The molecule has 1 aromatic carbocycles. The van der Waals surface area contributed by atoms with Crippen LogP contribution in [-0.4, -0.2) is 57.2 Å². The summed E-state index contributed by atoms with van der Waals surface area (Å²) in [6.07, 6.45) is 0.315. The van der Waals surface area contributed by atoms with Gasteiger partial charge in [-0.2, -0.15) is 0 Å². The second kappa shape index (κ2) is 11.5. The molecule has 1 aromatic rings. The maximum Gasteiger partial charge on any atom is 0.307 e. The van der Waals surface area contributed by atoms with Gasteiger partial charge in [0.25, 0.3) is 0 Å². The first-order valence-electron chi connectivity index (χ1n) is 8.46. The molecular weight excluding hydrogens is 304 g/mol. The van der Waals surface area contributed by atoms with E-state index in [2.05, 4.69) is 63.4 Å². The van der Waals surface area contributed by atoms with Crippen LogP contribution >= 0.6 is 0 Å². The molecule has 1 unspecified atom stereocenters. The Morgan fingerprint density at radius 3 is 2.42 bits per heavy atom. The van der Waals surface area contributed by atoms with Crippen molar-refractivity contribution < 1.29 is 9.53 Å². The fraction of sp³-hybridized carbons (Fsp3) is 0.556. The molecule has 0 aliphatic rings. The van der Waals surface area contributed by atoms with Crippen molar-refractivity contribution in [1.82, 2.24) is 15.5 Å². The van der Waals surface area contributed by atoms with Crippen LogP contribution in [-0.2, 0) is 9.53 Å². The summed E-state index contributed by atoms with van der Waals surface area (Å²) >= 11 is 0. The van der Waals surface area contributed by atoms with Crippen molar-refractivity contribution >= 4 is 11.9 Å². The Hall–Kier alpha value is -2.08. The van der Waals surface area contributed by atoms with Gasteiger partial charge in [0, 0.05) is 20.1 Å². The number of nitrogens with one attached hydrogen (secondary N) is 2. The zero-order chi connectivity index (χ0) is 17.8. The number of ether oxygens (including phenoxy) is 1. The summed E-state index contributed by atoms with van der Waals surface area (Å²) in [5, 5.41) is 6.49. The van der Waals surface area contributed by atoms with Crippen molar-refractivity contribution in [3.8, 4) is 0 Å². The van der Waals surface area contributed by atoms with E-state index < -0.39 is 0 Å². The van der Waals surface area contributed by atoms with E-state index in [4.69, 9.17) is 0 Å². The number of methoxy groups -OCH3 is 1. The third-order valence-corrected chi connectivity index (χ3v) is 3.97. The van der Waals surface area contributed by atoms with Gasteiger partial charge in [-0.1, -0.05) is 44.2 Å². The molecule has 0 heterocycles. The number of benzene rings is 1. The third-order valence-electron chi connectivity index (χ3n) is 3.97. The second-order valence-corrected chi connectivity index (χ2v) is 5.35. The topological polar surface area (TPSA) is 66.0 Å². The van der Waals surface area contributed by atoms with Gasteiger partial charge >= 0.3 is 5.97 Å². The van der Waals surface area contributed by atoms with E-state index in [9.17, 15) is 4.79 Å². The van der Waals surface area contributed by atoms with Crippen LogP contribution < -0.4 is 10.6 Å². The Balaban J connectivity index is 2.64. The largest absolute Gasteiger partial charge is 0.469 e. The number of guanidine groups is 1. The second-order valence-electron chi connectivity index (χ2n) is 5.35. The molecule has 0 spiro atoms. The Morgan fingerprint density at radius 2 is 1.88 bits per heavy atom. The van der Waals surface area contributed by atoms with Crippen molar-refractivity contribution in [2.75, 3.05) is 40.3 Å². The summed E-state index contributed by atoms with van der Waals surface area (Å²) in [5.74, 6) is 0.454. The molecule has 0 amide bonds. The van der Waals surface area contributed by atoms with Crippen LogP contribution in [0.3, 0.4) is 0 Å². The monoisotopic (exact) mass is 334 g/mol. The van der Waals surface area contributed by atoms with Crippen molar-refractivity contribution in [2.24, 2.45) is 4.99 Å². The third kappa shape index (κ3) is 6.58. The predicted octanol–water partition coefficient (Wildman–Crippen LogP) is 1.80. The molecule has 2 N–H and O–H groups in total. The molecule has 6 heteroatoms. The number of carbonyl (C=O) groups excluding carboxylic acids is 1. The summed E-state index contributed by atoms with van der Waals surface area (Å²) in [7, 11) is 3.12. The van der Waals surface area contributed by atoms with Crippen LogP contribution in [0.15, 0.2) is 35.3 Å². The van der Waals surface area contributed by atoms with E-state index in [1.54, 1.807) is 7.05 Å². The van der Waals surface area contributed by atoms with Crippen molar-refractivity contribution in [3.63, 3.8) is 0 Å². The van der Waals surface area contributed by atoms with Gasteiger partial charge in [0.2, 0.25) is 0 Å². The highest BCUT2D eigenvalue weighted by Gasteiger charge is 2.18. The molecule has 6 nitrogen and oxygen atoms in total. The first-order valence-corrected chi connectivity index (χ1v) is 8.46. The molecule has 0 aliphatic heterocycles. The molecule has 1 rings (SSSR count). The molecule has 0 aromatic heterocycles. The van der Waals surface area contributed by atoms with Gasteiger partial charge in [-0.05, 0) is 18.7 Å². The zero-order valence-corrected chi connectivity index (χ0v) is 15.2. The molecule has 1 atom stereocenters. The van der Waals surface area contributed by atoms with Crippen molar-refractivity contribution in [3.05, 3.63) is 35.9 Å². The van der Waals surface area contributed by atoms with E-state index in [1.165, 1.54) is 12.7 Å². The lowest BCUT2D eigenvalue weighted by molar-refractivity contribution is -0.140. The maximum absolute atomic E-state index is 11.2. The minimum Gasteiger partial charge on any atom is -0.469 e. The van der Waals surface area contributed by atoms with Gasteiger partial charge in [-0.3, -0.25) is 14.7 Å². The highest BCUT2D eigenvalue weighted by Crippen LogP contribution is 2.19. The van der Waals surface area contributed by atoms with Gasteiger partial charge < -0.3 is 15.4 Å². The first-order chi connectivity index (χ1) is 11.7. The summed E-state index contributed by atoms with van der Waals surface area (Å²) in [6, 6.07) is 10.7. The standard InChI is InChI=1S/C18H30N4O2/c1-5-22(6-2)16(15-10-8-7-9-11-15)14-21-18(19-3)20-13-12-17(23)24-4/h7-11,16H,5-6,12-14H2,1-4H3,(H2,19,20,21). The quantitative estimate of drug-likeness (QED) is 0.409. The lowest BCUT2D eigenvalue weighted by Crippen LogP contribution is -2.43. The molecule has 0 radical (unpaired) electrons. The fourth-order valence-electron chi connectivity index (χ4n) is 2.60. The summed E-state index contributed by atoms with van der Waals surface area (Å²) in [5.41, 5.74) is 1.28. The minimum atomic E-state index is -0.233. The number of rotatable bonds is 9. The van der Waals surface area contributed by atoms with Gasteiger partial charge in [-0.25, -0.2) is 0 Å². The summed E-state index contributed by atoms with van der Waals surface area (Å²) in [6.45, 7) is 7.53. The first kappa shape index (κ1) is 20.0. The fourth-order valence-corrected chi connectivity index (χ4v) is 2.60. The molecule has 24 heavy (non-hydrogen) atoms. The van der Waals surface area contributed by atoms with Crippen LogP contribution in [0.5, 0.6) is 0 Å². The maximum atomic E-state index is 11.2. The smallest absolute Gasteiger partial charge is 0.307 e. The van der Waals surface area contributed by atoms with Gasteiger partial charge in [-0.15, -0.1) is 0 Å². The van der Waals surface area contributed by atoms with Crippen LogP contribution in [0, 0.1) is 0 Å². The number of hydrogen-bond donors (Lipinski definition) is 2. The van der Waals surface area contributed by atoms with E-state index in [-0.39, 0.29) is 12.0 Å². The van der Waals surface area contributed by atoms with Gasteiger partial charge in [0.1, 0.15) is 0 Å². The molecule has 0 saturated carbocycles. The van der Waals surface area contributed by atoms with E-state index in [1.807, 2.05) is 6.07 Å². The van der Waals surface area contributed by atoms with Crippen molar-refractivity contribution in [2.45, 2.75) is 26.3 Å². The zero-order valence-electron chi connectivity index (χ0n) is 15.2. The number of hydrogen-bond acceptors (Lipinski definition) is 4. The highest BCUT2D eigenvalue weighted by atomic mass is 16.5. The van der Waals surface area contributed by atoms with E-state index in [0.717, 1.165) is 19.6 Å². The Kier molecular flexibility index (Phi) is 9.53. The van der Waals surface area contributed by atoms with Crippen LogP contribution in [0.2, 0.25) is 0 Å². The minimum absolute atomic E-state index is 0.233. The van der Waals surface area contributed by atoms with E-state index in [0.29, 0.717) is 18.9 Å².